The minimum atomic E-state index is -3.70. The van der Waals surface area contributed by atoms with Crippen molar-refractivity contribution in [1.82, 2.24) is 4.98 Å². The van der Waals surface area contributed by atoms with E-state index in [0.717, 1.165) is 17.4 Å². The van der Waals surface area contributed by atoms with Gasteiger partial charge in [-0.15, -0.1) is 8.78 Å². The van der Waals surface area contributed by atoms with Crippen LogP contribution in [0.25, 0.3) is 11.3 Å². The van der Waals surface area contributed by atoms with Crippen LogP contribution >= 0.6 is 0 Å². The van der Waals surface area contributed by atoms with Crippen molar-refractivity contribution in [2.24, 2.45) is 0 Å². The number of nitrogens with zero attached hydrogens (tertiary/aromatic N) is 1. The quantitative estimate of drug-likeness (QED) is 0.578. The smallest absolute Gasteiger partial charge is 0.395 e. The molecule has 2 aromatic carbocycles. The van der Waals surface area contributed by atoms with Gasteiger partial charge in [0.2, 0.25) is 5.91 Å². The lowest BCUT2D eigenvalue weighted by molar-refractivity contribution is -0.286. The Labute approximate surface area is 182 Å². The van der Waals surface area contributed by atoms with Crippen molar-refractivity contribution >= 4 is 18.0 Å². The van der Waals surface area contributed by atoms with E-state index in [2.05, 4.69) is 19.8 Å². The molecule has 162 valence electrons. The number of aldehydes is 1. The molecular weight excluding hydrogens is 418 g/mol. The number of fused-ring (bicyclic) bond motifs is 1. The molecule has 1 saturated carbocycles. The largest absolute Gasteiger partial charge is 0.586 e. The first-order valence-corrected chi connectivity index (χ1v) is 10.0. The Morgan fingerprint density at radius 2 is 1.84 bits per heavy atom. The van der Waals surface area contributed by atoms with Gasteiger partial charge in [-0.25, -0.2) is 4.98 Å². The number of alkyl halides is 2. The summed E-state index contributed by atoms with van der Waals surface area (Å²) in [6, 6.07) is 15.0. The Bertz CT molecular complexity index is 1250. The van der Waals surface area contributed by atoms with Crippen LogP contribution in [-0.4, -0.2) is 23.5 Å². The van der Waals surface area contributed by atoms with Crippen LogP contribution in [0.2, 0.25) is 0 Å². The van der Waals surface area contributed by atoms with E-state index in [1.54, 1.807) is 30.3 Å². The highest BCUT2D eigenvalue weighted by molar-refractivity contribution is 6.01. The highest BCUT2D eigenvalue weighted by Gasteiger charge is 2.52. The minimum Gasteiger partial charge on any atom is -0.395 e. The van der Waals surface area contributed by atoms with Crippen LogP contribution in [0.5, 0.6) is 11.5 Å². The summed E-state index contributed by atoms with van der Waals surface area (Å²) < 4.78 is 35.6. The topological polar surface area (TPSA) is 77.5 Å². The zero-order chi connectivity index (χ0) is 22.5. The third kappa shape index (κ3) is 3.47. The number of hydrogen-bond donors (Lipinski definition) is 1. The maximum Gasteiger partial charge on any atom is 0.586 e. The molecule has 0 spiro atoms. The van der Waals surface area contributed by atoms with Crippen LogP contribution in [0.1, 0.15) is 34.3 Å². The molecule has 1 fully saturated rings. The number of halogens is 2. The summed E-state index contributed by atoms with van der Waals surface area (Å²) in [6.45, 7) is 1.89. The number of ether oxygens (including phenoxy) is 2. The summed E-state index contributed by atoms with van der Waals surface area (Å²) in [6.07, 6.45) is -1.75. The van der Waals surface area contributed by atoms with E-state index in [1.807, 2.05) is 19.1 Å². The van der Waals surface area contributed by atoms with Gasteiger partial charge >= 0.3 is 6.29 Å². The zero-order valence-electron chi connectivity index (χ0n) is 17.0. The van der Waals surface area contributed by atoms with Crippen LogP contribution < -0.4 is 14.8 Å². The minimum absolute atomic E-state index is 0.0553. The molecule has 32 heavy (non-hydrogen) atoms. The summed E-state index contributed by atoms with van der Waals surface area (Å²) in [4.78, 5) is 28.6. The number of amides is 1. The summed E-state index contributed by atoms with van der Waals surface area (Å²) in [5, 5.41) is 2.85. The van der Waals surface area contributed by atoms with E-state index in [4.69, 9.17) is 0 Å². The summed E-state index contributed by atoms with van der Waals surface area (Å²) >= 11 is 0. The molecule has 2 heterocycles. The third-order valence-corrected chi connectivity index (χ3v) is 5.79. The number of rotatable bonds is 5. The summed E-state index contributed by atoms with van der Waals surface area (Å²) in [5.74, 6) is -0.0213. The molecule has 1 aliphatic heterocycles. The lowest BCUT2D eigenvalue weighted by atomic mass is 9.94. The average molecular weight is 436 g/mol. The van der Waals surface area contributed by atoms with Crippen LogP contribution in [0.3, 0.4) is 0 Å². The fourth-order valence-electron chi connectivity index (χ4n) is 3.96. The number of anilines is 1. The number of carbonyl (C=O) groups is 2. The highest BCUT2D eigenvalue weighted by Crippen LogP contribution is 2.52. The molecule has 2 aliphatic rings. The maximum absolute atomic E-state index is 13.3. The van der Waals surface area contributed by atoms with E-state index in [-0.39, 0.29) is 17.4 Å². The summed E-state index contributed by atoms with van der Waals surface area (Å²) in [5.41, 5.74) is 2.74. The van der Waals surface area contributed by atoms with Gasteiger partial charge in [0.25, 0.3) is 0 Å². The fraction of sp³-hybridized carbons (Fsp3) is 0.208. The van der Waals surface area contributed by atoms with Crippen molar-refractivity contribution < 1.29 is 27.8 Å². The molecule has 5 rings (SSSR count). The van der Waals surface area contributed by atoms with E-state index >= 15 is 0 Å². The third-order valence-electron chi connectivity index (χ3n) is 5.79. The molecule has 3 aromatic rings. The number of pyridine rings is 1. The number of aryl methyl sites for hydroxylation is 1. The Hall–Kier alpha value is -3.81. The van der Waals surface area contributed by atoms with Crippen molar-refractivity contribution in [3.8, 4) is 22.8 Å². The van der Waals surface area contributed by atoms with Gasteiger partial charge in [0.15, 0.2) is 11.5 Å². The number of hydrogen-bond acceptors (Lipinski definition) is 5. The van der Waals surface area contributed by atoms with Crippen LogP contribution in [0, 0.1) is 6.92 Å². The molecule has 1 N–H and O–H groups in total. The molecule has 1 amide bonds. The Morgan fingerprint density at radius 3 is 2.56 bits per heavy atom. The molecule has 0 radical (unpaired) electrons. The van der Waals surface area contributed by atoms with Gasteiger partial charge in [0.1, 0.15) is 12.1 Å². The SMILES string of the molecule is Cc1cc(C=O)ccc1-c1cccc(NC(=O)C2(c3ccc4c(c3)OC(F)(F)O4)CC2)n1. The van der Waals surface area contributed by atoms with Crippen molar-refractivity contribution in [2.75, 3.05) is 5.32 Å². The second kappa shape index (κ2) is 7.12. The average Bonchev–Trinajstić information content (AvgIpc) is 3.51. The molecule has 0 saturated heterocycles. The van der Waals surface area contributed by atoms with Crippen LogP contribution in [0.4, 0.5) is 14.6 Å². The first-order chi connectivity index (χ1) is 15.3. The maximum atomic E-state index is 13.3. The number of carbonyl (C=O) groups excluding carboxylic acids is 2. The van der Waals surface area contributed by atoms with Gasteiger partial charge in [-0.2, -0.15) is 0 Å². The zero-order valence-corrected chi connectivity index (χ0v) is 17.0. The van der Waals surface area contributed by atoms with Gasteiger partial charge < -0.3 is 14.8 Å². The molecule has 0 bridgehead atoms. The molecule has 8 heteroatoms. The van der Waals surface area contributed by atoms with Gasteiger partial charge in [0.05, 0.1) is 11.1 Å². The van der Waals surface area contributed by atoms with Gasteiger partial charge in [0, 0.05) is 11.1 Å². The van der Waals surface area contributed by atoms with Crippen molar-refractivity contribution in [1.29, 1.82) is 0 Å². The lowest BCUT2D eigenvalue weighted by Gasteiger charge is -2.16. The normalized spacial score (nSPS) is 17.0. The van der Waals surface area contributed by atoms with Gasteiger partial charge in [-0.3, -0.25) is 9.59 Å². The van der Waals surface area contributed by atoms with Crippen molar-refractivity contribution in [3.05, 3.63) is 71.3 Å². The molecule has 1 aromatic heterocycles. The van der Waals surface area contributed by atoms with Crippen LogP contribution in [-0.2, 0) is 10.2 Å². The van der Waals surface area contributed by atoms with E-state index in [9.17, 15) is 18.4 Å². The van der Waals surface area contributed by atoms with Crippen molar-refractivity contribution in [2.45, 2.75) is 31.5 Å². The first kappa shape index (κ1) is 20.1. The second-order valence-electron chi connectivity index (χ2n) is 7.97. The molecule has 1 aliphatic carbocycles. The Kier molecular flexibility index (Phi) is 4.47. The fourth-order valence-corrected chi connectivity index (χ4v) is 3.96. The van der Waals surface area contributed by atoms with Gasteiger partial charge in [-0.1, -0.05) is 24.3 Å². The van der Waals surface area contributed by atoms with E-state index in [0.29, 0.717) is 35.5 Å². The lowest BCUT2D eigenvalue weighted by Crippen LogP contribution is -2.28. The van der Waals surface area contributed by atoms with Gasteiger partial charge in [-0.05, 0) is 61.2 Å². The molecule has 6 nitrogen and oxygen atoms in total. The number of aromatic nitrogens is 1. The monoisotopic (exact) mass is 436 g/mol. The van der Waals surface area contributed by atoms with Crippen LogP contribution in [0.15, 0.2) is 54.6 Å². The summed E-state index contributed by atoms with van der Waals surface area (Å²) in [7, 11) is 0. The Morgan fingerprint density at radius 1 is 1.06 bits per heavy atom. The van der Waals surface area contributed by atoms with E-state index < -0.39 is 11.7 Å². The number of benzene rings is 2. The Balaban J connectivity index is 1.38. The first-order valence-electron chi connectivity index (χ1n) is 10.0. The standard InChI is InChI=1S/C24H18F2N2O4/c1-14-11-15(13-29)5-7-17(14)18-3-2-4-21(27-18)28-22(30)23(9-10-23)16-6-8-19-20(12-16)32-24(25,26)31-19/h2-8,11-13H,9-10H2,1H3,(H,27,28,30). The predicted octanol–water partition coefficient (Wildman–Crippen LogP) is 4.86. The molecule has 0 unspecified atom stereocenters. The highest BCUT2D eigenvalue weighted by atomic mass is 19.3. The van der Waals surface area contributed by atoms with E-state index in [1.165, 1.54) is 12.1 Å². The predicted molar refractivity (Wildman–Crippen MR) is 112 cm³/mol. The molecule has 0 atom stereocenters. The van der Waals surface area contributed by atoms with Crippen molar-refractivity contribution in [3.63, 3.8) is 0 Å². The molecular formula is C24H18F2N2O4. The second-order valence-corrected chi connectivity index (χ2v) is 7.97. The number of nitrogens with one attached hydrogen (secondary N) is 1.